The third-order valence-electron chi connectivity index (χ3n) is 2.31. The summed E-state index contributed by atoms with van der Waals surface area (Å²) >= 11 is 0. The fraction of sp³-hybridized carbons (Fsp3) is 0.600. The number of ether oxygens (including phenoxy) is 1. The first-order chi connectivity index (χ1) is 8.53. The first-order valence-corrected chi connectivity index (χ1v) is 6.38. The summed E-state index contributed by atoms with van der Waals surface area (Å²) in [5.74, 6) is 0.441. The van der Waals surface area contributed by atoms with Crippen LogP contribution in [-0.2, 0) is 4.74 Å². The quantitative estimate of drug-likeness (QED) is 0.455. The molecule has 1 unspecified atom stereocenters. The summed E-state index contributed by atoms with van der Waals surface area (Å²) in [4.78, 5) is 8.39. The largest absolute Gasteiger partial charge is 0.387 e. The van der Waals surface area contributed by atoms with Crippen LogP contribution in [0, 0.1) is 5.41 Å². The molecule has 0 aromatic heterocycles. The number of hydrogen-bond acceptors (Lipinski definition) is 3. The van der Waals surface area contributed by atoms with Crippen molar-refractivity contribution in [2.45, 2.75) is 47.6 Å². The van der Waals surface area contributed by atoms with Crippen LogP contribution in [0.5, 0.6) is 0 Å². The minimum Gasteiger partial charge on any atom is -0.387 e. The summed E-state index contributed by atoms with van der Waals surface area (Å²) in [7, 11) is 0. The zero-order valence-corrected chi connectivity index (χ0v) is 13.1. The lowest BCUT2D eigenvalue weighted by molar-refractivity contribution is 0.0518. The molecule has 0 saturated carbocycles. The fourth-order valence-corrected chi connectivity index (χ4v) is 1.14. The van der Waals surface area contributed by atoms with Gasteiger partial charge in [0, 0.05) is 5.71 Å². The smallest absolute Gasteiger partial charge is 0.0965 e. The van der Waals surface area contributed by atoms with Crippen LogP contribution in [0.25, 0.3) is 0 Å². The van der Waals surface area contributed by atoms with E-state index >= 15 is 0 Å². The van der Waals surface area contributed by atoms with E-state index in [-0.39, 0.29) is 11.5 Å². The predicted molar refractivity (Wildman–Crippen MR) is 83.6 cm³/mol. The summed E-state index contributed by atoms with van der Waals surface area (Å²) in [6.07, 6.45) is -0.0632. The van der Waals surface area contributed by atoms with Crippen molar-refractivity contribution in [3.8, 4) is 0 Å². The van der Waals surface area contributed by atoms with Gasteiger partial charge in [-0.25, -0.2) is 4.99 Å². The predicted octanol–water partition coefficient (Wildman–Crippen LogP) is 3.30. The average Bonchev–Trinajstić information content (AvgIpc) is 2.23. The molecule has 2 N–H and O–H groups in total. The number of hydrogen-bond donors (Lipinski definition) is 1. The lowest BCUT2D eigenvalue weighted by atomic mass is 9.98. The van der Waals surface area contributed by atoms with Gasteiger partial charge in [-0.1, -0.05) is 33.9 Å². The standard InChI is InChI=1S/C15H27N3O/c1-10(11(2)18-14(5)16)17-12(3)13(4)19-9-15(6,7)8/h13H,1-2,9H2,3-8H3,(H2,16,18). The zero-order valence-electron chi connectivity index (χ0n) is 13.1. The molecule has 0 fully saturated rings. The van der Waals surface area contributed by atoms with Gasteiger partial charge in [0.15, 0.2) is 0 Å². The van der Waals surface area contributed by atoms with E-state index in [1.165, 1.54) is 0 Å². The van der Waals surface area contributed by atoms with Crippen molar-refractivity contribution >= 4 is 11.5 Å². The Kier molecular flexibility index (Phi) is 6.70. The van der Waals surface area contributed by atoms with Crippen LogP contribution in [-0.4, -0.2) is 24.3 Å². The third-order valence-corrected chi connectivity index (χ3v) is 2.31. The Morgan fingerprint density at radius 3 is 2.05 bits per heavy atom. The summed E-state index contributed by atoms with van der Waals surface area (Å²) in [6, 6.07) is 0. The Balaban J connectivity index is 4.59. The van der Waals surface area contributed by atoms with Crippen LogP contribution >= 0.6 is 0 Å². The molecule has 4 heteroatoms. The van der Waals surface area contributed by atoms with E-state index in [0.717, 1.165) is 5.71 Å². The Morgan fingerprint density at radius 2 is 1.63 bits per heavy atom. The van der Waals surface area contributed by atoms with Gasteiger partial charge in [0.2, 0.25) is 0 Å². The number of aliphatic imine (C=N–C) groups is 2. The highest BCUT2D eigenvalue weighted by molar-refractivity contribution is 5.87. The summed E-state index contributed by atoms with van der Waals surface area (Å²) in [5.41, 5.74) is 7.46. The Labute approximate surface area is 117 Å². The fourth-order valence-electron chi connectivity index (χ4n) is 1.14. The lowest BCUT2D eigenvalue weighted by Gasteiger charge is -2.22. The van der Waals surface area contributed by atoms with Gasteiger partial charge in [-0.3, -0.25) is 4.99 Å². The lowest BCUT2D eigenvalue weighted by Crippen LogP contribution is -2.24. The molecule has 0 spiro atoms. The molecule has 1 atom stereocenters. The maximum absolute atomic E-state index is 5.77. The number of amidine groups is 1. The van der Waals surface area contributed by atoms with Crippen LogP contribution in [0.2, 0.25) is 0 Å². The van der Waals surface area contributed by atoms with E-state index in [1.807, 2.05) is 13.8 Å². The highest BCUT2D eigenvalue weighted by Gasteiger charge is 2.14. The maximum atomic E-state index is 5.77. The molecule has 0 radical (unpaired) electrons. The Bertz CT molecular complexity index is 396. The van der Waals surface area contributed by atoms with Gasteiger partial charge in [0.1, 0.15) is 0 Å². The van der Waals surface area contributed by atoms with E-state index in [1.54, 1.807) is 6.92 Å². The zero-order chi connectivity index (χ0) is 15.2. The number of nitrogens with two attached hydrogens (primary N) is 1. The second-order valence-corrected chi connectivity index (χ2v) is 5.91. The van der Waals surface area contributed by atoms with Crippen LogP contribution < -0.4 is 5.73 Å². The third kappa shape index (κ3) is 8.32. The van der Waals surface area contributed by atoms with E-state index in [4.69, 9.17) is 10.5 Å². The van der Waals surface area contributed by atoms with Gasteiger partial charge in [-0.15, -0.1) is 0 Å². The molecule has 0 aliphatic carbocycles. The van der Waals surface area contributed by atoms with Gasteiger partial charge in [0.05, 0.1) is 29.9 Å². The first-order valence-electron chi connectivity index (χ1n) is 6.38. The van der Waals surface area contributed by atoms with E-state index < -0.39 is 0 Å². The summed E-state index contributed by atoms with van der Waals surface area (Å²) in [5, 5.41) is 0. The Hall–Kier alpha value is -1.42. The highest BCUT2D eigenvalue weighted by atomic mass is 16.5. The van der Waals surface area contributed by atoms with Crippen molar-refractivity contribution in [3.63, 3.8) is 0 Å². The molecular weight excluding hydrogens is 238 g/mol. The van der Waals surface area contributed by atoms with Gasteiger partial charge < -0.3 is 10.5 Å². The molecule has 0 saturated heterocycles. The minimum atomic E-state index is -0.0632. The van der Waals surface area contributed by atoms with Gasteiger partial charge >= 0.3 is 0 Å². The topological polar surface area (TPSA) is 60.0 Å². The molecule has 0 bridgehead atoms. The average molecular weight is 265 g/mol. The van der Waals surface area contributed by atoms with Gasteiger partial charge in [-0.05, 0) is 26.2 Å². The minimum absolute atomic E-state index is 0.0632. The molecule has 0 rings (SSSR count). The van der Waals surface area contributed by atoms with Crippen molar-refractivity contribution < 1.29 is 4.74 Å². The van der Waals surface area contributed by atoms with E-state index in [0.29, 0.717) is 23.8 Å². The van der Waals surface area contributed by atoms with Crippen molar-refractivity contribution in [1.29, 1.82) is 0 Å². The molecule has 0 aliphatic rings. The second kappa shape index (κ2) is 7.24. The normalized spacial score (nSPS) is 15.3. The second-order valence-electron chi connectivity index (χ2n) is 5.91. The molecule has 0 heterocycles. The van der Waals surface area contributed by atoms with Crippen LogP contribution in [0.4, 0.5) is 0 Å². The molecule has 0 aromatic carbocycles. The van der Waals surface area contributed by atoms with E-state index in [2.05, 4.69) is 43.9 Å². The molecule has 108 valence electrons. The molecule has 0 aliphatic heterocycles. The molecule has 4 nitrogen and oxygen atoms in total. The van der Waals surface area contributed by atoms with Crippen molar-refractivity contribution in [3.05, 3.63) is 24.6 Å². The first kappa shape index (κ1) is 17.6. The molecular formula is C15H27N3O. The summed E-state index contributed by atoms with van der Waals surface area (Å²) in [6.45, 7) is 20.3. The maximum Gasteiger partial charge on any atom is 0.0965 e. The highest BCUT2D eigenvalue weighted by Crippen LogP contribution is 2.15. The molecule has 0 amide bonds. The van der Waals surface area contributed by atoms with Crippen molar-refractivity contribution in [1.82, 2.24) is 0 Å². The number of nitrogens with zero attached hydrogens (tertiary/aromatic N) is 2. The number of rotatable bonds is 6. The van der Waals surface area contributed by atoms with Crippen molar-refractivity contribution in [2.24, 2.45) is 21.1 Å². The van der Waals surface area contributed by atoms with Gasteiger partial charge in [0.25, 0.3) is 0 Å². The SMILES string of the molecule is C=C(N=C(C)N)C(=C)N=C(C)C(C)OCC(C)(C)C. The van der Waals surface area contributed by atoms with Crippen LogP contribution in [0.1, 0.15) is 41.5 Å². The van der Waals surface area contributed by atoms with Crippen LogP contribution in [0.3, 0.4) is 0 Å². The van der Waals surface area contributed by atoms with Crippen LogP contribution in [0.15, 0.2) is 34.5 Å². The van der Waals surface area contributed by atoms with E-state index in [9.17, 15) is 0 Å². The van der Waals surface area contributed by atoms with Gasteiger partial charge in [-0.2, -0.15) is 0 Å². The van der Waals surface area contributed by atoms with Crippen molar-refractivity contribution in [2.75, 3.05) is 6.61 Å². The summed E-state index contributed by atoms with van der Waals surface area (Å²) < 4.78 is 5.77. The molecule has 0 aromatic rings. The monoisotopic (exact) mass is 265 g/mol. The molecule has 19 heavy (non-hydrogen) atoms. The Morgan fingerprint density at radius 1 is 1.16 bits per heavy atom.